The van der Waals surface area contributed by atoms with Crippen LogP contribution in [0.5, 0.6) is 0 Å². The predicted molar refractivity (Wildman–Crippen MR) is 275 cm³/mol. The number of likely N-dealkylation sites (N-methyl/N-ethyl adjacent to an activating group) is 1. The summed E-state index contributed by atoms with van der Waals surface area (Å²) in [6, 6.07) is -0.629. The molecule has 0 radical (unpaired) electrons. The van der Waals surface area contributed by atoms with Crippen molar-refractivity contribution >= 4 is 17.9 Å². The van der Waals surface area contributed by atoms with Crippen LogP contribution < -0.4 is 0 Å². The fourth-order valence-electron chi connectivity index (χ4n) is 6.81. The van der Waals surface area contributed by atoms with Crippen LogP contribution in [0.3, 0.4) is 0 Å². The smallest absolute Gasteiger partial charge is 0.362 e. The largest absolute Gasteiger partial charge is 0.477 e. The zero-order valence-electron chi connectivity index (χ0n) is 41.9. The minimum atomic E-state index is -0.886. The van der Waals surface area contributed by atoms with Crippen molar-refractivity contribution < 1.29 is 38.2 Å². The van der Waals surface area contributed by atoms with Crippen molar-refractivity contribution in [3.8, 4) is 0 Å². The van der Waals surface area contributed by atoms with E-state index >= 15 is 0 Å². The van der Waals surface area contributed by atoms with Gasteiger partial charge in [-0.3, -0.25) is 9.59 Å². The van der Waals surface area contributed by atoms with E-state index in [0.717, 1.165) is 89.9 Å². The average molecular weight is 905 g/mol. The van der Waals surface area contributed by atoms with Crippen molar-refractivity contribution in [2.75, 3.05) is 41.0 Å². The second kappa shape index (κ2) is 46.5. The van der Waals surface area contributed by atoms with E-state index in [2.05, 4.69) is 123 Å². The van der Waals surface area contributed by atoms with E-state index in [1.54, 1.807) is 0 Å². The molecule has 0 spiro atoms. The van der Waals surface area contributed by atoms with Crippen LogP contribution >= 0.6 is 0 Å². The van der Waals surface area contributed by atoms with Crippen molar-refractivity contribution in [1.82, 2.24) is 0 Å². The summed E-state index contributed by atoms with van der Waals surface area (Å²) >= 11 is 0. The summed E-state index contributed by atoms with van der Waals surface area (Å²) in [6.45, 7) is 4.45. The molecule has 0 aliphatic rings. The van der Waals surface area contributed by atoms with Gasteiger partial charge >= 0.3 is 17.9 Å². The molecular weight excluding hydrogens is 811 g/mol. The van der Waals surface area contributed by atoms with Crippen LogP contribution in [-0.4, -0.2) is 80.6 Å². The lowest BCUT2D eigenvalue weighted by Gasteiger charge is -2.31. The Kier molecular flexibility index (Phi) is 43.6. The molecule has 0 aromatic carbocycles. The van der Waals surface area contributed by atoms with Gasteiger partial charge in [-0.1, -0.05) is 175 Å². The topological polar surface area (TPSA) is 99.1 Å². The number of nitrogens with zero attached hydrogens (tertiary/aromatic N) is 1. The van der Waals surface area contributed by atoms with Crippen molar-refractivity contribution in [2.24, 2.45) is 0 Å². The van der Waals surface area contributed by atoms with Gasteiger partial charge in [0.05, 0.1) is 34.4 Å². The van der Waals surface area contributed by atoms with Crippen LogP contribution in [0.1, 0.15) is 181 Å². The van der Waals surface area contributed by atoms with E-state index in [1.165, 1.54) is 51.4 Å². The van der Waals surface area contributed by atoms with E-state index in [1.807, 2.05) is 21.1 Å². The number of hydrogen-bond donors (Lipinski definition) is 1. The van der Waals surface area contributed by atoms with E-state index in [9.17, 15) is 19.5 Å². The fraction of sp³-hybridized carbons (Fsp3) is 0.632. The first-order valence-corrected chi connectivity index (χ1v) is 25.4. The molecule has 8 nitrogen and oxygen atoms in total. The Morgan fingerprint density at radius 1 is 0.462 bits per heavy atom. The number of aliphatic carboxylic acids is 1. The molecule has 0 fully saturated rings. The van der Waals surface area contributed by atoms with Crippen LogP contribution in [0.4, 0.5) is 0 Å². The summed E-state index contributed by atoms with van der Waals surface area (Å²) in [5.41, 5.74) is 0. The molecule has 0 saturated heterocycles. The molecule has 0 rings (SSSR count). The molecule has 368 valence electrons. The van der Waals surface area contributed by atoms with Crippen LogP contribution in [0.25, 0.3) is 0 Å². The van der Waals surface area contributed by atoms with Gasteiger partial charge in [-0.25, -0.2) is 4.79 Å². The molecule has 65 heavy (non-hydrogen) atoms. The zero-order chi connectivity index (χ0) is 47.7. The second-order valence-corrected chi connectivity index (χ2v) is 17.7. The number of quaternary nitrogens is 1. The van der Waals surface area contributed by atoms with E-state index in [0.29, 0.717) is 25.7 Å². The number of carboxylic acids is 1. The van der Waals surface area contributed by atoms with Gasteiger partial charge in [0, 0.05) is 19.3 Å². The van der Waals surface area contributed by atoms with Crippen LogP contribution in [0.15, 0.2) is 109 Å². The maximum Gasteiger partial charge on any atom is 0.362 e. The Hall–Kier alpha value is -4.01. The quantitative estimate of drug-likeness (QED) is 0.0281. The summed E-state index contributed by atoms with van der Waals surface area (Å²) in [7, 11) is 5.51. The minimum absolute atomic E-state index is 0.0386. The summed E-state index contributed by atoms with van der Waals surface area (Å²) in [5.74, 6) is -1.54. The van der Waals surface area contributed by atoms with E-state index in [4.69, 9.17) is 14.2 Å². The highest BCUT2D eigenvalue weighted by Gasteiger charge is 2.31. The number of allylic oxidation sites excluding steroid dienone is 18. The number of unbranched alkanes of at least 4 members (excludes halogenated alkanes) is 12. The minimum Gasteiger partial charge on any atom is -0.477 e. The molecule has 0 aliphatic heterocycles. The standard InChI is InChI=1S/C57H93NO7/c1-6-8-10-12-14-16-18-20-22-24-26-28-30-31-33-35-37-39-41-43-45-47-55(59)64-52-53(51-63-50-49-54(57(61)62)58(3,4)5)65-56(60)48-46-44-42-40-38-36-34-32-29-27-25-23-21-19-17-15-13-11-9-7-2/h8-11,14-17,20-23,26,28,31,33,37,39,53-54H,6-7,12-13,18-19,24-25,27,29-30,32,34-36,38,40-52H2,1-5H3/p+1/b10-8+,11-9+,16-14+,17-15+,22-20+,23-21+,28-26+,33-31+,39-37+. The summed E-state index contributed by atoms with van der Waals surface area (Å²) in [5, 5.41) is 9.66. The highest BCUT2D eigenvalue weighted by molar-refractivity contribution is 5.72. The van der Waals surface area contributed by atoms with Crippen LogP contribution in [0, 0.1) is 0 Å². The number of carbonyl (C=O) groups is 3. The lowest BCUT2D eigenvalue weighted by atomic mass is 10.0. The highest BCUT2D eigenvalue weighted by Crippen LogP contribution is 2.14. The monoisotopic (exact) mass is 905 g/mol. The molecule has 0 aromatic rings. The number of carbonyl (C=O) groups excluding carboxylic acids is 2. The van der Waals surface area contributed by atoms with Gasteiger partial charge < -0.3 is 23.8 Å². The Morgan fingerprint density at radius 2 is 0.815 bits per heavy atom. The Morgan fingerprint density at radius 3 is 1.23 bits per heavy atom. The molecule has 0 bridgehead atoms. The van der Waals surface area contributed by atoms with Gasteiger partial charge in [-0.2, -0.15) is 0 Å². The molecule has 2 atom stereocenters. The van der Waals surface area contributed by atoms with Gasteiger partial charge in [0.1, 0.15) is 6.61 Å². The Labute approximate surface area is 398 Å². The normalized spacial score (nSPS) is 13.8. The highest BCUT2D eigenvalue weighted by atomic mass is 16.6. The van der Waals surface area contributed by atoms with Crippen LogP contribution in [-0.2, 0) is 28.6 Å². The Balaban J connectivity index is 4.36. The number of esters is 2. The maximum atomic E-state index is 12.8. The maximum absolute atomic E-state index is 12.8. The summed E-state index contributed by atoms with van der Waals surface area (Å²) in [4.78, 5) is 37.2. The lowest BCUT2D eigenvalue weighted by Crippen LogP contribution is -2.50. The summed E-state index contributed by atoms with van der Waals surface area (Å²) < 4.78 is 17.3. The van der Waals surface area contributed by atoms with Crippen LogP contribution in [0.2, 0.25) is 0 Å². The number of carboxylic acid groups (broad SMARTS) is 1. The molecule has 1 N–H and O–H groups in total. The number of ether oxygens (including phenoxy) is 3. The van der Waals surface area contributed by atoms with Gasteiger partial charge in [-0.05, 0) is 96.3 Å². The lowest BCUT2D eigenvalue weighted by molar-refractivity contribution is -0.887. The van der Waals surface area contributed by atoms with Crippen molar-refractivity contribution in [3.05, 3.63) is 109 Å². The molecule has 0 saturated carbocycles. The zero-order valence-corrected chi connectivity index (χ0v) is 41.9. The Bertz CT molecular complexity index is 1420. The third kappa shape index (κ3) is 45.0. The number of rotatable bonds is 44. The number of hydrogen-bond acceptors (Lipinski definition) is 6. The van der Waals surface area contributed by atoms with Gasteiger partial charge in [-0.15, -0.1) is 0 Å². The first-order chi connectivity index (χ1) is 31.6. The van der Waals surface area contributed by atoms with Gasteiger partial charge in [0.25, 0.3) is 0 Å². The van der Waals surface area contributed by atoms with Gasteiger partial charge in [0.2, 0.25) is 0 Å². The molecular formula is C57H94NO7+. The molecule has 8 heteroatoms. The molecule has 0 amide bonds. The predicted octanol–water partition coefficient (Wildman–Crippen LogP) is 14.8. The van der Waals surface area contributed by atoms with Crippen molar-refractivity contribution in [1.29, 1.82) is 0 Å². The molecule has 0 aromatic heterocycles. The molecule has 0 heterocycles. The van der Waals surface area contributed by atoms with Crippen molar-refractivity contribution in [2.45, 2.75) is 193 Å². The average Bonchev–Trinajstić information content (AvgIpc) is 3.27. The van der Waals surface area contributed by atoms with Crippen molar-refractivity contribution in [3.63, 3.8) is 0 Å². The molecule has 0 aliphatic carbocycles. The SMILES string of the molecule is CC/C=C/C/C=C/C/C=C/C/C=C/C/C=C/C/C=C/CCCCC(=O)OCC(COCCC(C(=O)O)[N+](C)(C)C)OC(=O)CCCCCCCCCCCC/C=C/C/C=C/C/C=C/CC. The second-order valence-electron chi connectivity index (χ2n) is 17.7. The fourth-order valence-corrected chi connectivity index (χ4v) is 6.81. The molecule has 2 unspecified atom stereocenters. The third-order valence-electron chi connectivity index (χ3n) is 10.7. The summed E-state index contributed by atoms with van der Waals surface area (Å²) in [6.07, 6.45) is 64.2. The van der Waals surface area contributed by atoms with E-state index < -0.39 is 18.1 Å². The van der Waals surface area contributed by atoms with E-state index in [-0.39, 0.29) is 36.2 Å². The first kappa shape index (κ1) is 61.0. The third-order valence-corrected chi connectivity index (χ3v) is 10.7. The van der Waals surface area contributed by atoms with Gasteiger partial charge in [0.15, 0.2) is 12.1 Å². The first-order valence-electron chi connectivity index (χ1n) is 25.4.